The van der Waals surface area contributed by atoms with E-state index in [1.54, 1.807) is 0 Å². The maximum Gasteiger partial charge on any atom is 0.213 e. The summed E-state index contributed by atoms with van der Waals surface area (Å²) >= 11 is 6.31. The summed E-state index contributed by atoms with van der Waals surface area (Å²) in [6.45, 7) is 4.73. The summed E-state index contributed by atoms with van der Waals surface area (Å²) < 4.78 is 12.0. The molecule has 152 valence electrons. The van der Waals surface area contributed by atoms with Gasteiger partial charge in [0.25, 0.3) is 0 Å². The summed E-state index contributed by atoms with van der Waals surface area (Å²) in [5, 5.41) is 7.79. The van der Waals surface area contributed by atoms with Crippen molar-refractivity contribution in [3.63, 3.8) is 0 Å². The molecule has 0 unspecified atom stereocenters. The van der Waals surface area contributed by atoms with Gasteiger partial charge in [-0.2, -0.15) is 5.10 Å². The summed E-state index contributed by atoms with van der Waals surface area (Å²) in [5.41, 5.74) is 5.52. The second-order valence-electron chi connectivity index (χ2n) is 7.67. The third-order valence-corrected chi connectivity index (χ3v) is 5.85. The Morgan fingerprint density at radius 1 is 1.07 bits per heavy atom. The van der Waals surface area contributed by atoms with Crippen molar-refractivity contribution in [1.29, 1.82) is 0 Å². The average molecular weight is 419 g/mol. The minimum absolute atomic E-state index is 0.0836. The molecule has 0 aromatic heterocycles. The van der Waals surface area contributed by atoms with E-state index in [9.17, 15) is 0 Å². The van der Waals surface area contributed by atoms with Crippen LogP contribution < -0.4 is 9.47 Å². The number of ether oxygens (including phenoxy) is 2. The van der Waals surface area contributed by atoms with Gasteiger partial charge in [-0.25, -0.2) is 5.01 Å². The highest BCUT2D eigenvalue weighted by Crippen LogP contribution is 2.48. The van der Waals surface area contributed by atoms with Crippen LogP contribution >= 0.6 is 11.6 Å². The topological polar surface area (TPSA) is 34.1 Å². The number of hydrogen-bond donors (Lipinski definition) is 0. The van der Waals surface area contributed by atoms with Gasteiger partial charge in [0.05, 0.1) is 18.4 Å². The first-order chi connectivity index (χ1) is 14.6. The van der Waals surface area contributed by atoms with Crippen LogP contribution in [0.5, 0.6) is 11.5 Å². The predicted molar refractivity (Wildman–Crippen MR) is 119 cm³/mol. The fourth-order valence-electron chi connectivity index (χ4n) is 4.09. The molecular weight excluding hydrogens is 396 g/mol. The smallest absolute Gasteiger partial charge is 0.213 e. The van der Waals surface area contributed by atoms with E-state index >= 15 is 0 Å². The van der Waals surface area contributed by atoms with E-state index in [-0.39, 0.29) is 12.3 Å². The second-order valence-corrected chi connectivity index (χ2v) is 8.10. The molecule has 0 bridgehead atoms. The highest BCUT2D eigenvalue weighted by Gasteiger charge is 2.41. The lowest BCUT2D eigenvalue weighted by Gasteiger charge is -2.38. The van der Waals surface area contributed by atoms with Crippen LogP contribution in [-0.2, 0) is 0 Å². The molecule has 0 spiro atoms. The summed E-state index contributed by atoms with van der Waals surface area (Å²) in [5.74, 6) is 1.74. The third-order valence-electron chi connectivity index (χ3n) is 5.61. The van der Waals surface area contributed by atoms with Crippen LogP contribution in [0.25, 0.3) is 0 Å². The largest absolute Gasteiger partial charge is 0.494 e. The lowest BCUT2D eigenvalue weighted by atomic mass is 9.96. The Bertz CT molecular complexity index is 1090. The van der Waals surface area contributed by atoms with Crippen LogP contribution in [0.3, 0.4) is 0 Å². The van der Waals surface area contributed by atoms with Gasteiger partial charge in [-0.15, -0.1) is 0 Å². The van der Waals surface area contributed by atoms with Gasteiger partial charge in [-0.05, 0) is 61.9 Å². The Kier molecular flexibility index (Phi) is 4.87. The first-order valence-electron chi connectivity index (χ1n) is 10.2. The third kappa shape index (κ3) is 3.41. The van der Waals surface area contributed by atoms with E-state index in [1.807, 2.05) is 37.3 Å². The number of rotatable bonds is 4. The Balaban J connectivity index is 1.54. The van der Waals surface area contributed by atoms with Crippen molar-refractivity contribution in [1.82, 2.24) is 5.01 Å². The van der Waals surface area contributed by atoms with Gasteiger partial charge < -0.3 is 9.47 Å². The SMILES string of the molecule is CCOc1ccc(C2=NN3[C@@H](C2)c2cc(Cl)ccc2O[C@H]3c2ccc(C)cc2)cc1. The van der Waals surface area contributed by atoms with E-state index in [4.69, 9.17) is 26.2 Å². The second kappa shape index (κ2) is 7.69. The number of hydrogen-bond acceptors (Lipinski definition) is 4. The fourth-order valence-corrected chi connectivity index (χ4v) is 4.27. The lowest BCUT2D eigenvalue weighted by molar-refractivity contribution is -0.0190. The van der Waals surface area contributed by atoms with E-state index in [2.05, 4.69) is 48.3 Å². The maximum absolute atomic E-state index is 6.40. The molecular formula is C25H23ClN2O2. The van der Waals surface area contributed by atoms with Crippen LogP contribution in [0.15, 0.2) is 71.8 Å². The van der Waals surface area contributed by atoms with Gasteiger partial charge in [-0.1, -0.05) is 41.4 Å². The van der Waals surface area contributed by atoms with Crippen molar-refractivity contribution in [2.75, 3.05) is 6.61 Å². The number of nitrogens with zero attached hydrogens (tertiary/aromatic N) is 2. The molecule has 5 heteroatoms. The number of halogens is 1. The van der Waals surface area contributed by atoms with Crippen LogP contribution in [0.1, 0.15) is 47.9 Å². The normalized spacial score (nSPS) is 19.6. The van der Waals surface area contributed by atoms with Crippen LogP contribution in [0, 0.1) is 6.92 Å². The first kappa shape index (κ1) is 19.0. The van der Waals surface area contributed by atoms with Gasteiger partial charge in [0.15, 0.2) is 0 Å². The maximum atomic E-state index is 6.40. The van der Waals surface area contributed by atoms with Crippen molar-refractivity contribution in [2.45, 2.75) is 32.5 Å². The predicted octanol–water partition coefficient (Wildman–Crippen LogP) is 6.29. The Labute approximate surface area is 181 Å². The molecule has 0 saturated carbocycles. The summed E-state index contributed by atoms with van der Waals surface area (Å²) in [6, 6.07) is 22.5. The zero-order valence-electron chi connectivity index (χ0n) is 17.0. The number of hydrazone groups is 1. The molecule has 0 fully saturated rings. The Morgan fingerprint density at radius 3 is 2.57 bits per heavy atom. The molecule has 0 saturated heterocycles. The molecule has 3 aromatic carbocycles. The van der Waals surface area contributed by atoms with Crippen LogP contribution in [0.4, 0.5) is 0 Å². The standard InChI is InChI=1S/C25H23ClN2O2/c1-3-29-20-11-8-17(9-12-20)22-15-23-21-14-19(26)10-13-24(21)30-25(28(23)27-22)18-6-4-16(2)5-7-18/h4-14,23,25H,3,15H2,1-2H3/t23-,25-/m0/s1. The monoisotopic (exact) mass is 418 g/mol. The zero-order chi connectivity index (χ0) is 20.7. The van der Waals surface area contributed by atoms with Gasteiger partial charge in [0, 0.05) is 22.6 Å². The fraction of sp³-hybridized carbons (Fsp3) is 0.240. The minimum Gasteiger partial charge on any atom is -0.494 e. The molecule has 2 aliphatic rings. The van der Waals surface area contributed by atoms with Gasteiger partial charge in [0.1, 0.15) is 11.5 Å². The van der Waals surface area contributed by atoms with E-state index in [1.165, 1.54) is 5.56 Å². The summed E-state index contributed by atoms with van der Waals surface area (Å²) in [6.07, 6.45) is 0.525. The molecule has 0 aliphatic carbocycles. The summed E-state index contributed by atoms with van der Waals surface area (Å²) in [4.78, 5) is 0. The molecule has 2 heterocycles. The molecule has 4 nitrogen and oxygen atoms in total. The molecule has 3 aromatic rings. The molecule has 2 aliphatic heterocycles. The highest BCUT2D eigenvalue weighted by molar-refractivity contribution is 6.30. The van der Waals surface area contributed by atoms with E-state index in [0.717, 1.165) is 40.3 Å². The van der Waals surface area contributed by atoms with Gasteiger partial charge >= 0.3 is 0 Å². The van der Waals surface area contributed by atoms with Crippen molar-refractivity contribution in [2.24, 2.45) is 5.10 Å². The number of fused-ring (bicyclic) bond motifs is 3. The average Bonchev–Trinajstić information content (AvgIpc) is 3.21. The highest BCUT2D eigenvalue weighted by atomic mass is 35.5. The van der Waals surface area contributed by atoms with Crippen molar-refractivity contribution in [3.8, 4) is 11.5 Å². The molecule has 5 rings (SSSR count). The van der Waals surface area contributed by atoms with E-state index < -0.39 is 0 Å². The van der Waals surface area contributed by atoms with Gasteiger partial charge in [0.2, 0.25) is 6.23 Å². The van der Waals surface area contributed by atoms with Crippen LogP contribution in [0.2, 0.25) is 5.02 Å². The van der Waals surface area contributed by atoms with Crippen molar-refractivity contribution in [3.05, 3.63) is 94.0 Å². The first-order valence-corrected chi connectivity index (χ1v) is 10.6. The van der Waals surface area contributed by atoms with Crippen molar-refractivity contribution < 1.29 is 9.47 Å². The molecule has 0 radical (unpaired) electrons. The molecule has 2 atom stereocenters. The lowest BCUT2D eigenvalue weighted by Crippen LogP contribution is -2.33. The molecule has 0 N–H and O–H groups in total. The van der Waals surface area contributed by atoms with Crippen molar-refractivity contribution >= 4 is 17.3 Å². The quantitative estimate of drug-likeness (QED) is 0.499. The number of benzene rings is 3. The summed E-state index contributed by atoms with van der Waals surface area (Å²) in [7, 11) is 0. The molecule has 30 heavy (non-hydrogen) atoms. The number of aryl methyl sites for hydroxylation is 1. The van der Waals surface area contributed by atoms with Crippen LogP contribution in [-0.4, -0.2) is 17.3 Å². The van der Waals surface area contributed by atoms with Gasteiger partial charge in [-0.3, -0.25) is 0 Å². The Hall–Kier alpha value is -2.98. The van der Waals surface area contributed by atoms with E-state index in [0.29, 0.717) is 11.6 Å². The zero-order valence-corrected chi connectivity index (χ0v) is 17.8. The minimum atomic E-state index is -0.274. The molecule has 0 amide bonds. The Morgan fingerprint density at radius 2 is 1.83 bits per heavy atom.